The molecule has 1 aliphatic rings. The summed E-state index contributed by atoms with van der Waals surface area (Å²) in [5.74, 6) is 0. The topological polar surface area (TPSA) is 71.5 Å². The minimum atomic E-state index is -2.42. The first-order valence-electron chi connectivity index (χ1n) is 4.22. The Morgan fingerprint density at radius 2 is 2.08 bits per heavy atom. The van der Waals surface area contributed by atoms with Crippen LogP contribution in [0.15, 0.2) is 0 Å². The molecule has 1 heterocycles. The molecule has 0 aromatic rings. The second kappa shape index (κ2) is 5.04. The molecular formula is C7H16O5Si. The van der Waals surface area contributed by atoms with Gasteiger partial charge >= 0.3 is 0 Å². The van der Waals surface area contributed by atoms with Crippen molar-refractivity contribution in [2.75, 3.05) is 39.0 Å². The molecule has 1 saturated heterocycles. The number of hydrogen-bond donors (Lipinski definition) is 2. The van der Waals surface area contributed by atoms with Gasteiger partial charge in [0.15, 0.2) is 0 Å². The molecule has 1 aliphatic heterocycles. The molecule has 0 aromatic carbocycles. The molecule has 1 fully saturated rings. The summed E-state index contributed by atoms with van der Waals surface area (Å²) >= 11 is 0. The molecule has 2 N–H and O–H groups in total. The molecule has 1 unspecified atom stereocenters. The van der Waals surface area contributed by atoms with Crippen molar-refractivity contribution in [2.24, 2.45) is 0 Å². The molecule has 1 rings (SSSR count). The third-order valence-corrected chi connectivity index (χ3v) is 4.83. The maximum absolute atomic E-state index is 9.02. The minimum absolute atomic E-state index is 0.120. The van der Waals surface area contributed by atoms with Crippen LogP contribution in [-0.2, 0) is 13.9 Å². The monoisotopic (exact) mass is 208 g/mol. The van der Waals surface area contributed by atoms with Crippen molar-refractivity contribution in [2.45, 2.75) is 6.10 Å². The number of aliphatic hydroxyl groups is 2. The number of aliphatic hydroxyl groups excluding tert-OH is 2. The van der Waals surface area contributed by atoms with Crippen molar-refractivity contribution >= 4 is 8.32 Å². The first-order valence-corrected chi connectivity index (χ1v) is 6.75. The van der Waals surface area contributed by atoms with Crippen LogP contribution in [0.25, 0.3) is 0 Å². The van der Waals surface area contributed by atoms with Gasteiger partial charge in [-0.2, -0.15) is 0 Å². The quantitative estimate of drug-likeness (QED) is 0.397. The van der Waals surface area contributed by atoms with E-state index in [1.165, 1.54) is 7.11 Å². The molecular weight excluding hydrogens is 192 g/mol. The van der Waals surface area contributed by atoms with Crippen LogP contribution in [0.2, 0.25) is 0 Å². The van der Waals surface area contributed by atoms with E-state index in [1.807, 2.05) is 0 Å². The highest BCUT2D eigenvalue weighted by atomic mass is 28.4. The summed E-state index contributed by atoms with van der Waals surface area (Å²) < 4.78 is 15.3. The molecule has 0 aliphatic carbocycles. The molecule has 0 radical (unpaired) electrons. The highest BCUT2D eigenvalue weighted by molar-refractivity contribution is 6.73. The molecule has 0 saturated carbocycles. The summed E-state index contributed by atoms with van der Waals surface area (Å²) in [7, 11) is -0.927. The van der Waals surface area contributed by atoms with Crippen molar-refractivity contribution in [1.29, 1.82) is 0 Å². The van der Waals surface area contributed by atoms with Gasteiger partial charge in [-0.1, -0.05) is 0 Å². The average Bonchev–Trinajstić information content (AvgIpc) is 2.97. The highest BCUT2D eigenvalue weighted by Crippen LogP contribution is 2.10. The van der Waals surface area contributed by atoms with E-state index in [4.69, 9.17) is 24.1 Å². The van der Waals surface area contributed by atoms with Crippen molar-refractivity contribution in [3.63, 3.8) is 0 Å². The van der Waals surface area contributed by atoms with Gasteiger partial charge in [0.1, 0.15) is 6.10 Å². The Morgan fingerprint density at radius 1 is 1.46 bits per heavy atom. The molecule has 1 atom stereocenters. The number of rotatable bonds is 7. The first kappa shape index (κ1) is 11.1. The second-order valence-corrected chi connectivity index (χ2v) is 6.87. The van der Waals surface area contributed by atoms with Gasteiger partial charge in [-0.15, -0.1) is 0 Å². The van der Waals surface area contributed by atoms with E-state index in [-0.39, 0.29) is 18.6 Å². The van der Waals surface area contributed by atoms with Gasteiger partial charge in [0.25, 0.3) is 8.32 Å². The molecule has 5 nitrogen and oxygen atoms in total. The summed E-state index contributed by atoms with van der Waals surface area (Å²) in [5.41, 5.74) is 0. The summed E-state index contributed by atoms with van der Waals surface area (Å²) in [4.78, 5) is 0. The standard InChI is InChI=1S/C7H16O5Si/c1-10-13(4-8,5-9)6-11-2-7-3-12-7/h7-9H,2-6H2,1H3. The van der Waals surface area contributed by atoms with E-state index < -0.39 is 8.32 Å². The summed E-state index contributed by atoms with van der Waals surface area (Å²) in [5, 5.41) is 18.0. The average molecular weight is 208 g/mol. The van der Waals surface area contributed by atoms with Gasteiger partial charge in [0, 0.05) is 7.11 Å². The molecule has 0 bridgehead atoms. The third-order valence-electron chi connectivity index (χ3n) is 2.08. The van der Waals surface area contributed by atoms with Gasteiger partial charge in [0.05, 0.1) is 31.9 Å². The molecule has 0 amide bonds. The van der Waals surface area contributed by atoms with Crippen LogP contribution in [0.1, 0.15) is 0 Å². The Hall–Kier alpha value is 0.0169. The van der Waals surface area contributed by atoms with Crippen molar-refractivity contribution in [3.8, 4) is 0 Å². The SMILES string of the molecule is CO[Si](CO)(CO)COCC1CO1. The van der Waals surface area contributed by atoms with E-state index in [9.17, 15) is 0 Å². The summed E-state index contributed by atoms with van der Waals surface area (Å²) in [6.45, 7) is 1.28. The fourth-order valence-electron chi connectivity index (χ4n) is 0.870. The second-order valence-electron chi connectivity index (χ2n) is 3.17. The fourth-order valence-corrected chi connectivity index (χ4v) is 2.02. The number of hydrogen-bond acceptors (Lipinski definition) is 5. The Bertz CT molecular complexity index is 138. The van der Waals surface area contributed by atoms with Gasteiger partial charge in [-0.3, -0.25) is 0 Å². The lowest BCUT2D eigenvalue weighted by Crippen LogP contribution is -2.51. The Morgan fingerprint density at radius 3 is 2.46 bits per heavy atom. The zero-order valence-corrected chi connectivity index (χ0v) is 8.73. The predicted molar refractivity (Wildman–Crippen MR) is 47.5 cm³/mol. The van der Waals surface area contributed by atoms with Gasteiger partial charge < -0.3 is 24.1 Å². The lowest BCUT2D eigenvalue weighted by atomic mass is 10.5. The van der Waals surface area contributed by atoms with Crippen molar-refractivity contribution in [1.82, 2.24) is 0 Å². The van der Waals surface area contributed by atoms with Crippen LogP contribution in [0, 0.1) is 0 Å². The van der Waals surface area contributed by atoms with E-state index in [0.29, 0.717) is 12.8 Å². The van der Waals surface area contributed by atoms with Crippen molar-refractivity contribution in [3.05, 3.63) is 0 Å². The highest BCUT2D eigenvalue weighted by Gasteiger charge is 2.34. The van der Waals surface area contributed by atoms with Crippen LogP contribution in [0.4, 0.5) is 0 Å². The van der Waals surface area contributed by atoms with Crippen LogP contribution in [-0.4, -0.2) is 63.6 Å². The Kier molecular flexibility index (Phi) is 4.30. The zero-order chi connectivity index (χ0) is 9.73. The third kappa shape index (κ3) is 3.33. The van der Waals surface area contributed by atoms with Gasteiger partial charge in [-0.05, 0) is 0 Å². The molecule has 13 heavy (non-hydrogen) atoms. The first-order chi connectivity index (χ1) is 6.26. The molecule has 0 aromatic heterocycles. The predicted octanol–water partition coefficient (Wildman–Crippen LogP) is -1.40. The maximum atomic E-state index is 9.02. The van der Waals surface area contributed by atoms with Crippen LogP contribution >= 0.6 is 0 Å². The molecule has 0 spiro atoms. The van der Waals surface area contributed by atoms with Crippen LogP contribution in [0.3, 0.4) is 0 Å². The summed E-state index contributed by atoms with van der Waals surface area (Å²) in [6, 6.07) is 0. The Balaban J connectivity index is 2.19. The molecule has 78 valence electrons. The minimum Gasteiger partial charge on any atom is -0.413 e. The molecule has 6 heteroatoms. The normalized spacial score (nSPS) is 21.9. The largest absolute Gasteiger partial charge is 0.413 e. The fraction of sp³-hybridized carbons (Fsp3) is 1.00. The summed E-state index contributed by atoms with van der Waals surface area (Å²) in [6.07, 6.45) is 0.286. The maximum Gasteiger partial charge on any atom is 0.267 e. The van der Waals surface area contributed by atoms with E-state index in [2.05, 4.69) is 0 Å². The lowest BCUT2D eigenvalue weighted by Gasteiger charge is -2.24. The van der Waals surface area contributed by atoms with Crippen LogP contribution < -0.4 is 0 Å². The van der Waals surface area contributed by atoms with Gasteiger partial charge in [0.2, 0.25) is 0 Å². The smallest absolute Gasteiger partial charge is 0.267 e. The lowest BCUT2D eigenvalue weighted by molar-refractivity contribution is 0.125. The van der Waals surface area contributed by atoms with E-state index in [0.717, 1.165) is 6.61 Å². The van der Waals surface area contributed by atoms with Gasteiger partial charge in [-0.25, -0.2) is 0 Å². The van der Waals surface area contributed by atoms with E-state index in [1.54, 1.807) is 0 Å². The number of epoxide rings is 1. The van der Waals surface area contributed by atoms with E-state index >= 15 is 0 Å². The number of ether oxygens (including phenoxy) is 2. The van der Waals surface area contributed by atoms with Crippen LogP contribution in [0.5, 0.6) is 0 Å². The zero-order valence-electron chi connectivity index (χ0n) is 7.73. The Labute approximate surface area is 78.4 Å². The van der Waals surface area contributed by atoms with Crippen molar-refractivity contribution < 1.29 is 24.1 Å².